The number of nitrogens with one attached hydrogen (secondary N) is 2. The lowest BCUT2D eigenvalue weighted by atomic mass is 9.91. The Morgan fingerprint density at radius 3 is 2.59 bits per heavy atom. The van der Waals surface area contributed by atoms with E-state index in [0.717, 1.165) is 49.8 Å². The van der Waals surface area contributed by atoms with Gasteiger partial charge in [0, 0.05) is 30.9 Å². The summed E-state index contributed by atoms with van der Waals surface area (Å²) in [6.07, 6.45) is 7.86. The summed E-state index contributed by atoms with van der Waals surface area (Å²) in [4.78, 5) is 18.8. The highest BCUT2D eigenvalue weighted by Crippen LogP contribution is 2.23. The zero-order chi connectivity index (χ0) is 20.3. The van der Waals surface area contributed by atoms with E-state index in [2.05, 4.69) is 32.7 Å². The molecule has 0 radical (unpaired) electrons. The Kier molecular flexibility index (Phi) is 8.78. The number of likely N-dealkylation sites (tertiary alicyclic amines) is 1. The normalized spacial score (nSPS) is 15.2. The van der Waals surface area contributed by atoms with Gasteiger partial charge < -0.3 is 10.6 Å². The zero-order valence-corrected chi connectivity index (χ0v) is 17.7. The van der Waals surface area contributed by atoms with E-state index in [1.807, 2.05) is 36.5 Å². The summed E-state index contributed by atoms with van der Waals surface area (Å²) < 4.78 is 0. The van der Waals surface area contributed by atoms with Gasteiger partial charge in [-0.25, -0.2) is 4.79 Å². The van der Waals surface area contributed by atoms with Gasteiger partial charge in [0.25, 0.3) is 0 Å². The smallest absolute Gasteiger partial charge is 0.315 e. The molecule has 0 bridgehead atoms. The predicted molar refractivity (Wildman–Crippen MR) is 118 cm³/mol. The molecule has 0 atom stereocenters. The molecule has 0 unspecified atom stereocenters. The van der Waals surface area contributed by atoms with Crippen molar-refractivity contribution < 1.29 is 4.79 Å². The van der Waals surface area contributed by atoms with Gasteiger partial charge in [-0.2, -0.15) is 0 Å². The summed E-state index contributed by atoms with van der Waals surface area (Å²) in [5.74, 6) is 0.814. The number of pyridine rings is 1. The van der Waals surface area contributed by atoms with E-state index in [1.165, 1.54) is 25.7 Å². The predicted octanol–water partition coefficient (Wildman–Crippen LogP) is 4.62. The van der Waals surface area contributed by atoms with Crippen molar-refractivity contribution >= 4 is 17.6 Å². The van der Waals surface area contributed by atoms with Crippen molar-refractivity contribution in [3.8, 4) is 0 Å². The Bertz CT molecular complexity index is 730. The average Bonchev–Trinajstić information content (AvgIpc) is 2.75. The second kappa shape index (κ2) is 11.8. The van der Waals surface area contributed by atoms with Crippen molar-refractivity contribution in [3.05, 3.63) is 64.9 Å². The molecule has 1 aliphatic rings. The first-order valence-electron chi connectivity index (χ1n) is 10.6. The van der Waals surface area contributed by atoms with Gasteiger partial charge in [0.1, 0.15) is 0 Å². The van der Waals surface area contributed by atoms with Gasteiger partial charge in [0.05, 0.1) is 5.69 Å². The fourth-order valence-corrected chi connectivity index (χ4v) is 3.89. The summed E-state index contributed by atoms with van der Waals surface area (Å²) in [6.45, 7) is 4.52. The number of hydrogen-bond donors (Lipinski definition) is 2. The number of nitrogens with zero attached hydrogens (tertiary/aromatic N) is 2. The van der Waals surface area contributed by atoms with Crippen LogP contribution in [0, 0.1) is 5.92 Å². The third kappa shape index (κ3) is 8.03. The second-order valence-electron chi connectivity index (χ2n) is 7.77. The van der Waals surface area contributed by atoms with Crippen LogP contribution in [0.25, 0.3) is 0 Å². The van der Waals surface area contributed by atoms with Gasteiger partial charge >= 0.3 is 6.03 Å². The van der Waals surface area contributed by atoms with Crippen LogP contribution in [-0.2, 0) is 13.1 Å². The van der Waals surface area contributed by atoms with Crippen molar-refractivity contribution in [2.24, 2.45) is 5.92 Å². The Hall–Kier alpha value is -2.11. The van der Waals surface area contributed by atoms with Crippen molar-refractivity contribution in [3.63, 3.8) is 0 Å². The van der Waals surface area contributed by atoms with Crippen LogP contribution in [0.2, 0.25) is 5.02 Å². The van der Waals surface area contributed by atoms with Crippen molar-refractivity contribution in [1.82, 2.24) is 20.5 Å². The van der Waals surface area contributed by atoms with Crippen molar-refractivity contribution in [2.45, 2.75) is 45.2 Å². The number of amides is 2. The number of carbonyl (C=O) groups excluding carboxylic acids is 1. The van der Waals surface area contributed by atoms with E-state index in [-0.39, 0.29) is 6.03 Å². The molecule has 1 aliphatic heterocycles. The summed E-state index contributed by atoms with van der Waals surface area (Å²) >= 11 is 5.86. The van der Waals surface area contributed by atoms with Gasteiger partial charge in [-0.05, 0) is 68.1 Å². The lowest BCUT2D eigenvalue weighted by molar-refractivity contribution is 0.169. The van der Waals surface area contributed by atoms with Crippen LogP contribution in [0.4, 0.5) is 4.79 Å². The monoisotopic (exact) mass is 414 g/mol. The van der Waals surface area contributed by atoms with E-state index < -0.39 is 0 Å². The van der Waals surface area contributed by atoms with Crippen molar-refractivity contribution in [2.75, 3.05) is 19.6 Å². The Balaban J connectivity index is 1.20. The minimum Gasteiger partial charge on any atom is -0.338 e. The van der Waals surface area contributed by atoms with Gasteiger partial charge in [0.15, 0.2) is 0 Å². The number of rotatable bonds is 9. The fraction of sp³-hybridized carbons (Fsp3) is 0.478. The number of aromatic nitrogens is 1. The summed E-state index contributed by atoms with van der Waals surface area (Å²) in [5, 5.41) is 6.53. The standard InChI is InChI=1S/C23H31ClN4O/c24-21-9-7-20(8-10-21)17-27-23(29)26-14-3-1-5-19-11-15-28(16-12-19)18-22-6-2-4-13-25-22/h2,4,6-10,13,19H,1,3,5,11-12,14-18H2,(H2,26,27,29). The number of benzene rings is 1. The maximum Gasteiger partial charge on any atom is 0.315 e. The van der Waals surface area contributed by atoms with E-state index in [0.29, 0.717) is 11.6 Å². The third-order valence-electron chi connectivity index (χ3n) is 5.51. The largest absolute Gasteiger partial charge is 0.338 e. The Labute approximate surface area is 178 Å². The molecule has 0 spiro atoms. The molecule has 1 fully saturated rings. The highest BCUT2D eigenvalue weighted by atomic mass is 35.5. The molecule has 0 aliphatic carbocycles. The Morgan fingerprint density at radius 2 is 1.86 bits per heavy atom. The van der Waals surface area contributed by atoms with Gasteiger partial charge in [-0.15, -0.1) is 0 Å². The zero-order valence-electron chi connectivity index (χ0n) is 16.9. The molecule has 1 aromatic heterocycles. The maximum atomic E-state index is 11.9. The summed E-state index contributed by atoms with van der Waals surface area (Å²) in [7, 11) is 0. The minimum absolute atomic E-state index is 0.109. The molecular weight excluding hydrogens is 384 g/mol. The number of urea groups is 1. The highest BCUT2D eigenvalue weighted by Gasteiger charge is 2.19. The highest BCUT2D eigenvalue weighted by molar-refractivity contribution is 6.30. The number of piperidine rings is 1. The minimum atomic E-state index is -0.109. The topological polar surface area (TPSA) is 57.3 Å². The SMILES string of the molecule is O=C(NCCCCC1CCN(Cc2ccccn2)CC1)NCc1ccc(Cl)cc1. The molecule has 1 saturated heterocycles. The molecule has 29 heavy (non-hydrogen) atoms. The maximum absolute atomic E-state index is 11.9. The first-order valence-corrected chi connectivity index (χ1v) is 11.0. The van der Waals surface area contributed by atoms with Crippen LogP contribution >= 0.6 is 11.6 Å². The molecule has 3 rings (SSSR count). The lowest BCUT2D eigenvalue weighted by Crippen LogP contribution is -2.35. The number of unbranched alkanes of at least 4 members (excludes halogenated alkanes) is 1. The van der Waals surface area contributed by atoms with Crippen LogP contribution in [0.15, 0.2) is 48.7 Å². The molecule has 156 valence electrons. The van der Waals surface area contributed by atoms with E-state index in [9.17, 15) is 4.79 Å². The third-order valence-corrected chi connectivity index (χ3v) is 5.76. The molecule has 2 amide bonds. The molecule has 0 saturated carbocycles. The molecule has 1 aromatic carbocycles. The van der Waals surface area contributed by atoms with Crippen LogP contribution in [0.5, 0.6) is 0 Å². The van der Waals surface area contributed by atoms with Gasteiger partial charge in [0.2, 0.25) is 0 Å². The molecule has 2 N–H and O–H groups in total. The average molecular weight is 415 g/mol. The lowest BCUT2D eigenvalue weighted by Gasteiger charge is -2.31. The van der Waals surface area contributed by atoms with Gasteiger partial charge in [-0.3, -0.25) is 9.88 Å². The first-order chi connectivity index (χ1) is 14.2. The second-order valence-corrected chi connectivity index (χ2v) is 8.21. The summed E-state index contributed by atoms with van der Waals surface area (Å²) in [6, 6.07) is 13.5. The Morgan fingerprint density at radius 1 is 1.07 bits per heavy atom. The van der Waals surface area contributed by atoms with Crippen LogP contribution in [-0.4, -0.2) is 35.5 Å². The summed E-state index contributed by atoms with van der Waals surface area (Å²) in [5.41, 5.74) is 2.20. The van der Waals surface area contributed by atoms with Crippen LogP contribution in [0.3, 0.4) is 0 Å². The molecular formula is C23H31ClN4O. The van der Waals surface area contributed by atoms with Crippen LogP contribution in [0.1, 0.15) is 43.4 Å². The number of halogens is 1. The molecule has 6 heteroatoms. The molecule has 5 nitrogen and oxygen atoms in total. The van der Waals surface area contributed by atoms with E-state index >= 15 is 0 Å². The number of hydrogen-bond acceptors (Lipinski definition) is 3. The van der Waals surface area contributed by atoms with E-state index in [4.69, 9.17) is 11.6 Å². The first kappa shape index (κ1) is 21.6. The quantitative estimate of drug-likeness (QED) is 0.589. The van der Waals surface area contributed by atoms with E-state index in [1.54, 1.807) is 0 Å². The number of carbonyl (C=O) groups is 1. The van der Waals surface area contributed by atoms with Crippen LogP contribution < -0.4 is 10.6 Å². The molecule has 2 heterocycles. The van der Waals surface area contributed by atoms with Crippen molar-refractivity contribution in [1.29, 1.82) is 0 Å². The fourth-order valence-electron chi connectivity index (χ4n) is 3.76. The molecule has 2 aromatic rings. The van der Waals surface area contributed by atoms with Gasteiger partial charge in [-0.1, -0.05) is 42.6 Å².